The number of nitrogens with zero attached hydrogens (tertiary/aromatic N) is 3. The Morgan fingerprint density at radius 2 is 1.56 bits per heavy atom. The van der Waals surface area contributed by atoms with Gasteiger partial charge in [0.15, 0.2) is 0 Å². The molecule has 0 amide bonds. The summed E-state index contributed by atoms with van der Waals surface area (Å²) in [5.41, 5.74) is 6.37. The lowest BCUT2D eigenvalue weighted by Crippen LogP contribution is -2.35. The van der Waals surface area contributed by atoms with Gasteiger partial charge < -0.3 is 4.57 Å². The highest BCUT2D eigenvalue weighted by molar-refractivity contribution is 7.73. The molecule has 0 saturated carbocycles. The van der Waals surface area contributed by atoms with Gasteiger partial charge in [-0.05, 0) is 69.5 Å². The van der Waals surface area contributed by atoms with Gasteiger partial charge in [-0.25, -0.2) is 4.74 Å². The lowest BCUT2D eigenvalue weighted by molar-refractivity contribution is 0.538. The summed E-state index contributed by atoms with van der Waals surface area (Å²) < 4.78 is 11.0. The highest BCUT2D eigenvalue weighted by Gasteiger charge is 2.42. The van der Waals surface area contributed by atoms with Crippen LogP contribution in [-0.4, -0.2) is 27.5 Å². The van der Waals surface area contributed by atoms with Gasteiger partial charge in [0, 0.05) is 51.9 Å². The maximum atomic E-state index is 5.80. The van der Waals surface area contributed by atoms with Gasteiger partial charge in [-0.3, -0.25) is 4.67 Å². The van der Waals surface area contributed by atoms with Crippen LogP contribution in [0.3, 0.4) is 0 Å². The number of benzene rings is 3. The SMILES string of the molecule is CCn1c2ccccc2c2cc(P(=Nc3ccc(C)cc3C)(N3CCCC3)C(C)(C)C)ccc21. The quantitative estimate of drug-likeness (QED) is 0.274. The van der Waals surface area contributed by atoms with Crippen LogP contribution in [0.15, 0.2) is 65.4 Å². The fraction of sp³-hybridized carbons (Fsp3) is 0.400. The molecule has 3 nitrogen and oxygen atoms in total. The van der Waals surface area contributed by atoms with Gasteiger partial charge in [0.1, 0.15) is 0 Å². The molecule has 34 heavy (non-hydrogen) atoms. The minimum Gasteiger partial charge on any atom is -0.341 e. The predicted molar refractivity (Wildman–Crippen MR) is 150 cm³/mol. The third-order valence-corrected chi connectivity index (χ3v) is 12.1. The van der Waals surface area contributed by atoms with Gasteiger partial charge >= 0.3 is 0 Å². The molecule has 0 radical (unpaired) electrons. The largest absolute Gasteiger partial charge is 0.341 e. The molecule has 0 N–H and O–H groups in total. The van der Waals surface area contributed by atoms with Crippen LogP contribution in [0.2, 0.25) is 0 Å². The van der Waals surface area contributed by atoms with Crippen molar-refractivity contribution in [3.8, 4) is 0 Å². The number of rotatable bonds is 4. The van der Waals surface area contributed by atoms with Crippen LogP contribution in [0.1, 0.15) is 51.7 Å². The minimum atomic E-state index is -2.08. The normalized spacial score (nSPS) is 16.9. The summed E-state index contributed by atoms with van der Waals surface area (Å²) >= 11 is 0. The van der Waals surface area contributed by atoms with E-state index in [2.05, 4.69) is 111 Å². The first-order valence-electron chi connectivity index (χ1n) is 12.7. The smallest absolute Gasteiger partial charge is 0.0720 e. The van der Waals surface area contributed by atoms with Crippen LogP contribution in [0.25, 0.3) is 21.8 Å². The Kier molecular flexibility index (Phi) is 5.99. The first-order valence-corrected chi connectivity index (χ1v) is 14.4. The van der Waals surface area contributed by atoms with Crippen molar-refractivity contribution >= 4 is 40.0 Å². The number of hydrogen-bond donors (Lipinski definition) is 0. The van der Waals surface area contributed by atoms with Crippen LogP contribution >= 0.6 is 7.21 Å². The fourth-order valence-corrected chi connectivity index (χ4v) is 10.4. The molecule has 1 aliphatic heterocycles. The average molecular weight is 472 g/mol. The Bertz CT molecular complexity index is 1410. The molecule has 1 atom stereocenters. The van der Waals surface area contributed by atoms with E-state index < -0.39 is 7.21 Å². The van der Waals surface area contributed by atoms with E-state index >= 15 is 0 Å². The third kappa shape index (κ3) is 3.65. The Hall–Kier alpha value is -2.35. The van der Waals surface area contributed by atoms with Crippen molar-refractivity contribution in [3.05, 3.63) is 71.8 Å². The van der Waals surface area contributed by atoms with Gasteiger partial charge in [0.05, 0.1) is 12.9 Å². The second kappa shape index (κ2) is 8.70. The molecule has 4 aromatic rings. The summed E-state index contributed by atoms with van der Waals surface area (Å²) in [6.45, 7) is 17.1. The third-order valence-electron chi connectivity index (χ3n) is 7.46. The van der Waals surface area contributed by atoms with Crippen molar-refractivity contribution in [3.63, 3.8) is 0 Å². The number of aromatic nitrogens is 1. The number of aryl methyl sites for hydroxylation is 3. The molecule has 1 aromatic heterocycles. The zero-order chi connectivity index (χ0) is 24.1. The summed E-state index contributed by atoms with van der Waals surface area (Å²) in [5.74, 6) is 0. The molecule has 1 fully saturated rings. The van der Waals surface area contributed by atoms with Gasteiger partial charge in [-0.1, -0.05) is 56.7 Å². The van der Waals surface area contributed by atoms with E-state index in [9.17, 15) is 0 Å². The van der Waals surface area contributed by atoms with Crippen LogP contribution in [0.4, 0.5) is 5.69 Å². The Morgan fingerprint density at radius 3 is 2.24 bits per heavy atom. The molecule has 4 heteroatoms. The van der Waals surface area contributed by atoms with E-state index in [1.54, 1.807) is 0 Å². The maximum Gasteiger partial charge on any atom is 0.0720 e. The molecule has 1 saturated heterocycles. The first kappa shape index (κ1) is 23.4. The first-order chi connectivity index (χ1) is 16.3. The van der Waals surface area contributed by atoms with Crippen LogP contribution in [0.5, 0.6) is 0 Å². The van der Waals surface area contributed by atoms with E-state index in [1.165, 1.54) is 51.1 Å². The summed E-state index contributed by atoms with van der Waals surface area (Å²) in [6.07, 6.45) is 2.52. The average Bonchev–Trinajstić information content (AvgIpc) is 3.44. The highest BCUT2D eigenvalue weighted by Crippen LogP contribution is 2.65. The van der Waals surface area contributed by atoms with Crippen molar-refractivity contribution in [2.45, 2.75) is 66.1 Å². The van der Waals surface area contributed by atoms with Crippen molar-refractivity contribution in [1.29, 1.82) is 0 Å². The second-order valence-electron chi connectivity index (χ2n) is 10.8. The van der Waals surface area contributed by atoms with E-state index in [0.29, 0.717) is 0 Å². The molecule has 0 spiro atoms. The molecule has 5 rings (SSSR count). The zero-order valence-corrected chi connectivity index (χ0v) is 22.5. The Balaban J connectivity index is 1.87. The zero-order valence-electron chi connectivity index (χ0n) is 21.6. The molecule has 1 unspecified atom stereocenters. The Labute approximate surface area is 204 Å². The van der Waals surface area contributed by atoms with Crippen molar-refractivity contribution in [1.82, 2.24) is 9.24 Å². The predicted octanol–water partition coefficient (Wildman–Crippen LogP) is 8.40. The topological polar surface area (TPSA) is 20.5 Å². The molecule has 3 aromatic carbocycles. The van der Waals surface area contributed by atoms with E-state index in [1.807, 2.05) is 0 Å². The van der Waals surface area contributed by atoms with E-state index in [-0.39, 0.29) is 5.16 Å². The molecular formula is C30H38N3P. The van der Waals surface area contributed by atoms with Gasteiger partial charge in [-0.2, -0.15) is 0 Å². The summed E-state index contributed by atoms with van der Waals surface area (Å²) in [7, 11) is -2.08. The number of hydrogen-bond acceptors (Lipinski definition) is 1. The lowest BCUT2D eigenvalue weighted by atomic mass is 10.1. The molecule has 2 heterocycles. The van der Waals surface area contributed by atoms with Crippen LogP contribution in [-0.2, 0) is 6.54 Å². The molecule has 0 aliphatic carbocycles. The minimum absolute atomic E-state index is 0.0193. The number of para-hydroxylation sites is 1. The van der Waals surface area contributed by atoms with Gasteiger partial charge in [0.2, 0.25) is 0 Å². The maximum absolute atomic E-state index is 5.80. The summed E-state index contributed by atoms with van der Waals surface area (Å²) in [4.78, 5) is 0. The van der Waals surface area contributed by atoms with Gasteiger partial charge in [0.25, 0.3) is 0 Å². The second-order valence-corrected chi connectivity index (χ2v) is 14.6. The number of fused-ring (bicyclic) bond motifs is 3. The lowest BCUT2D eigenvalue weighted by Gasteiger charge is -2.44. The highest BCUT2D eigenvalue weighted by atomic mass is 31.2. The molecule has 1 aliphatic rings. The van der Waals surface area contributed by atoms with E-state index in [0.717, 1.165) is 25.3 Å². The van der Waals surface area contributed by atoms with Crippen molar-refractivity contribution in [2.75, 3.05) is 13.1 Å². The summed E-state index contributed by atoms with van der Waals surface area (Å²) in [5, 5.41) is 4.14. The van der Waals surface area contributed by atoms with Crippen LogP contribution < -0.4 is 5.30 Å². The van der Waals surface area contributed by atoms with Gasteiger partial charge in [-0.15, -0.1) is 0 Å². The van der Waals surface area contributed by atoms with Crippen molar-refractivity contribution < 1.29 is 0 Å². The fourth-order valence-electron chi connectivity index (χ4n) is 5.89. The van der Waals surface area contributed by atoms with Crippen molar-refractivity contribution in [2.24, 2.45) is 4.74 Å². The summed E-state index contributed by atoms with van der Waals surface area (Å²) in [6, 6.07) is 22.8. The standard InChI is InChI=1S/C30H38N3P/c1-7-33-28-13-9-8-12-25(28)26-21-24(15-17-29(26)33)34(30(4,5)6,32-18-10-11-19-32)31-27-16-14-22(2)20-23(27)3/h8-9,12-17,20-21H,7,10-11,18-19H2,1-6H3. The molecular weight excluding hydrogens is 433 g/mol. The molecule has 0 bridgehead atoms. The Morgan fingerprint density at radius 1 is 0.853 bits per heavy atom. The molecule has 178 valence electrons. The van der Waals surface area contributed by atoms with Crippen LogP contribution in [0, 0.1) is 13.8 Å². The van der Waals surface area contributed by atoms with E-state index in [4.69, 9.17) is 4.74 Å². The monoisotopic (exact) mass is 471 g/mol.